The molecule has 0 radical (unpaired) electrons. The van der Waals surface area contributed by atoms with Crippen LogP contribution in [0.1, 0.15) is 50.9 Å². The fourth-order valence-corrected chi connectivity index (χ4v) is 4.40. The molecule has 166 valence electrons. The number of nitrogens with zero attached hydrogens (tertiary/aromatic N) is 6. The molecule has 0 fully saturated rings. The van der Waals surface area contributed by atoms with Crippen LogP contribution in [0.25, 0.3) is 16.8 Å². The van der Waals surface area contributed by atoms with Gasteiger partial charge in [-0.2, -0.15) is 4.68 Å². The summed E-state index contributed by atoms with van der Waals surface area (Å²) in [6, 6.07) is 16.2. The largest absolute Gasteiger partial charge is 0.330 e. The van der Waals surface area contributed by atoms with Crippen molar-refractivity contribution in [1.82, 2.24) is 29.3 Å². The van der Waals surface area contributed by atoms with Gasteiger partial charge in [0.15, 0.2) is 0 Å². The molecule has 2 heterocycles. The van der Waals surface area contributed by atoms with E-state index >= 15 is 0 Å². The number of unbranched alkanes of at least 4 members (excludes halogenated alkanes) is 1. The zero-order valence-corrected chi connectivity index (χ0v) is 19.3. The lowest BCUT2D eigenvalue weighted by atomic mass is 10.0. The van der Waals surface area contributed by atoms with Crippen molar-refractivity contribution in [3.63, 3.8) is 0 Å². The first kappa shape index (κ1) is 22.0. The van der Waals surface area contributed by atoms with E-state index in [4.69, 9.17) is 11.6 Å². The van der Waals surface area contributed by atoms with Crippen LogP contribution in [0.4, 0.5) is 0 Å². The lowest BCUT2D eigenvalue weighted by Crippen LogP contribution is -2.26. The van der Waals surface area contributed by atoms with Gasteiger partial charge in [-0.05, 0) is 54.3 Å². The monoisotopic (exact) mass is 450 g/mol. The van der Waals surface area contributed by atoms with Gasteiger partial charge in [0.05, 0.1) is 17.9 Å². The van der Waals surface area contributed by atoms with E-state index in [9.17, 15) is 4.79 Å². The molecule has 8 heteroatoms. The Morgan fingerprint density at radius 1 is 1.06 bits per heavy atom. The Bertz CT molecular complexity index is 1240. The molecule has 0 aliphatic heterocycles. The molecule has 0 unspecified atom stereocenters. The maximum Gasteiger partial charge on any atom is 0.330 e. The van der Waals surface area contributed by atoms with Crippen molar-refractivity contribution in [2.45, 2.75) is 52.6 Å². The Kier molecular flexibility index (Phi) is 6.55. The van der Waals surface area contributed by atoms with Crippen molar-refractivity contribution in [2.24, 2.45) is 0 Å². The molecule has 2 aromatic carbocycles. The van der Waals surface area contributed by atoms with Crippen LogP contribution in [-0.2, 0) is 13.0 Å². The summed E-state index contributed by atoms with van der Waals surface area (Å²) >= 11 is 6.63. The number of halogens is 1. The Morgan fingerprint density at radius 2 is 1.81 bits per heavy atom. The van der Waals surface area contributed by atoms with Crippen molar-refractivity contribution in [3.05, 3.63) is 81.8 Å². The van der Waals surface area contributed by atoms with Crippen molar-refractivity contribution in [2.75, 3.05) is 0 Å². The van der Waals surface area contributed by atoms with Crippen molar-refractivity contribution >= 4 is 11.6 Å². The smallest absolute Gasteiger partial charge is 0.290 e. The van der Waals surface area contributed by atoms with E-state index in [-0.39, 0.29) is 11.7 Å². The first-order chi connectivity index (χ1) is 15.5. The fourth-order valence-electron chi connectivity index (χ4n) is 3.93. The second kappa shape index (κ2) is 9.53. The van der Waals surface area contributed by atoms with Crippen LogP contribution in [0, 0.1) is 0 Å². The van der Waals surface area contributed by atoms with Crippen LogP contribution in [0.2, 0.25) is 5.15 Å². The fraction of sp³-hybridized carbons (Fsp3) is 0.333. The molecule has 0 atom stereocenters. The van der Waals surface area contributed by atoms with Gasteiger partial charge in [-0.15, -0.1) is 5.10 Å². The molecule has 0 spiro atoms. The van der Waals surface area contributed by atoms with Crippen LogP contribution in [-0.4, -0.2) is 29.3 Å². The lowest BCUT2D eigenvalue weighted by molar-refractivity contribution is 0.560. The number of benzene rings is 2. The standard InChI is InChI=1S/C24H27ClN6O/c1-4-5-9-22-23(25)31(17(2)3)24(32)29(22)15-18-11-13-19(14-12-18)20-8-6-7-10-21(20)30-16-26-27-28-30/h6-8,10-14,16-17H,4-5,9,15H2,1-3H3. The minimum Gasteiger partial charge on any atom is -0.290 e. The van der Waals surface area contributed by atoms with Gasteiger partial charge in [0.1, 0.15) is 11.5 Å². The minimum atomic E-state index is -0.0517. The Balaban J connectivity index is 1.66. The van der Waals surface area contributed by atoms with E-state index in [2.05, 4.69) is 46.7 Å². The minimum absolute atomic E-state index is 0.0155. The van der Waals surface area contributed by atoms with Crippen LogP contribution in [0.5, 0.6) is 0 Å². The van der Waals surface area contributed by atoms with E-state index in [1.165, 1.54) is 0 Å². The maximum atomic E-state index is 13.1. The number of tetrazole rings is 1. The molecular weight excluding hydrogens is 424 g/mol. The molecule has 0 saturated heterocycles. The highest BCUT2D eigenvalue weighted by Crippen LogP contribution is 2.27. The predicted molar refractivity (Wildman–Crippen MR) is 126 cm³/mol. The van der Waals surface area contributed by atoms with Gasteiger partial charge in [-0.1, -0.05) is 67.4 Å². The van der Waals surface area contributed by atoms with E-state index in [1.807, 2.05) is 42.7 Å². The van der Waals surface area contributed by atoms with E-state index < -0.39 is 0 Å². The average molecular weight is 451 g/mol. The third-order valence-corrected chi connectivity index (χ3v) is 6.00. The molecule has 0 saturated carbocycles. The van der Waals surface area contributed by atoms with E-state index in [0.717, 1.165) is 47.3 Å². The summed E-state index contributed by atoms with van der Waals surface area (Å²) in [5.74, 6) is 0. The van der Waals surface area contributed by atoms with Gasteiger partial charge in [0, 0.05) is 11.6 Å². The summed E-state index contributed by atoms with van der Waals surface area (Å²) in [6.45, 7) is 6.60. The zero-order chi connectivity index (χ0) is 22.7. The van der Waals surface area contributed by atoms with Gasteiger partial charge in [0.25, 0.3) is 0 Å². The molecule has 2 aromatic heterocycles. The Morgan fingerprint density at radius 3 is 2.47 bits per heavy atom. The molecule has 0 bridgehead atoms. The highest BCUT2D eigenvalue weighted by molar-refractivity contribution is 6.30. The molecule has 0 N–H and O–H groups in total. The average Bonchev–Trinajstić information content (AvgIpc) is 3.40. The van der Waals surface area contributed by atoms with Gasteiger partial charge in [0.2, 0.25) is 0 Å². The summed E-state index contributed by atoms with van der Waals surface area (Å²) in [5, 5.41) is 12.1. The van der Waals surface area contributed by atoms with Crippen molar-refractivity contribution < 1.29 is 0 Å². The van der Waals surface area contributed by atoms with Crippen LogP contribution in [0.3, 0.4) is 0 Å². The third-order valence-electron chi connectivity index (χ3n) is 5.60. The number of imidazole rings is 1. The molecule has 0 amide bonds. The summed E-state index contributed by atoms with van der Waals surface area (Å²) in [7, 11) is 0. The molecule has 32 heavy (non-hydrogen) atoms. The summed E-state index contributed by atoms with van der Waals surface area (Å²) in [6.07, 6.45) is 4.42. The molecule has 0 aliphatic rings. The third kappa shape index (κ3) is 4.25. The van der Waals surface area contributed by atoms with Gasteiger partial charge < -0.3 is 0 Å². The highest BCUT2D eigenvalue weighted by Gasteiger charge is 2.20. The number of hydrogen-bond donors (Lipinski definition) is 0. The Hall–Kier alpha value is -3.19. The van der Waals surface area contributed by atoms with Crippen LogP contribution >= 0.6 is 11.6 Å². The van der Waals surface area contributed by atoms with Crippen molar-refractivity contribution in [3.8, 4) is 16.8 Å². The van der Waals surface area contributed by atoms with Crippen LogP contribution in [0.15, 0.2) is 59.7 Å². The molecule has 7 nitrogen and oxygen atoms in total. The number of para-hydroxylation sites is 1. The first-order valence-corrected chi connectivity index (χ1v) is 11.3. The quantitative estimate of drug-likeness (QED) is 0.382. The summed E-state index contributed by atoms with van der Waals surface area (Å²) in [4.78, 5) is 13.1. The maximum absolute atomic E-state index is 13.1. The number of hydrogen-bond acceptors (Lipinski definition) is 4. The van der Waals surface area contributed by atoms with E-state index in [0.29, 0.717) is 11.7 Å². The van der Waals surface area contributed by atoms with Crippen LogP contribution < -0.4 is 5.69 Å². The summed E-state index contributed by atoms with van der Waals surface area (Å²) < 4.78 is 5.16. The van der Waals surface area contributed by atoms with Gasteiger partial charge >= 0.3 is 5.69 Å². The molecule has 4 rings (SSSR count). The molecular formula is C24H27ClN6O. The topological polar surface area (TPSA) is 70.5 Å². The molecule has 0 aliphatic carbocycles. The zero-order valence-electron chi connectivity index (χ0n) is 18.6. The van der Waals surface area contributed by atoms with Gasteiger partial charge in [-0.25, -0.2) is 4.79 Å². The summed E-state index contributed by atoms with van der Waals surface area (Å²) in [5.41, 5.74) is 4.90. The Labute approximate surface area is 192 Å². The SMILES string of the molecule is CCCCc1c(Cl)n(C(C)C)c(=O)n1Cc1ccc(-c2ccccc2-n2cnnn2)cc1. The normalized spacial score (nSPS) is 11.4. The lowest BCUT2D eigenvalue weighted by Gasteiger charge is -2.11. The van der Waals surface area contributed by atoms with Gasteiger partial charge in [-0.3, -0.25) is 9.13 Å². The van der Waals surface area contributed by atoms with Crippen molar-refractivity contribution in [1.29, 1.82) is 0 Å². The highest BCUT2D eigenvalue weighted by atomic mass is 35.5. The predicted octanol–water partition coefficient (Wildman–Crippen LogP) is 4.92. The van der Waals surface area contributed by atoms with E-state index in [1.54, 1.807) is 15.6 Å². The first-order valence-electron chi connectivity index (χ1n) is 10.9. The number of rotatable bonds is 8. The second-order valence-corrected chi connectivity index (χ2v) is 8.50. The molecule has 4 aromatic rings. The second-order valence-electron chi connectivity index (χ2n) is 8.14. The number of aromatic nitrogens is 6.